The first-order valence-electron chi connectivity index (χ1n) is 7.68. The molecule has 1 N–H and O–H groups in total. The first-order chi connectivity index (χ1) is 10.4. The highest BCUT2D eigenvalue weighted by Crippen LogP contribution is 2.18. The minimum absolute atomic E-state index is 0.0582. The van der Waals surface area contributed by atoms with Crippen molar-refractivity contribution in [2.24, 2.45) is 0 Å². The number of carbonyl (C=O) groups is 2. The van der Waals surface area contributed by atoms with Gasteiger partial charge >= 0.3 is 0 Å². The van der Waals surface area contributed by atoms with Crippen molar-refractivity contribution in [2.75, 3.05) is 18.4 Å². The van der Waals surface area contributed by atoms with Gasteiger partial charge in [0, 0.05) is 18.7 Å². The van der Waals surface area contributed by atoms with E-state index in [4.69, 9.17) is 4.74 Å². The van der Waals surface area contributed by atoms with Crippen molar-refractivity contribution in [3.63, 3.8) is 0 Å². The van der Waals surface area contributed by atoms with Gasteiger partial charge < -0.3 is 10.1 Å². The molecule has 5 nitrogen and oxygen atoms in total. The molecular formula is C17H24N2O3. The van der Waals surface area contributed by atoms with Crippen molar-refractivity contribution < 1.29 is 14.3 Å². The molecule has 1 aromatic carbocycles. The lowest BCUT2D eigenvalue weighted by Crippen LogP contribution is -2.52. The van der Waals surface area contributed by atoms with Crippen molar-refractivity contribution in [3.8, 4) is 0 Å². The normalized spacial score (nSPS) is 23.8. The second-order valence-corrected chi connectivity index (χ2v) is 5.98. The van der Waals surface area contributed by atoms with E-state index in [0.717, 1.165) is 13.1 Å². The van der Waals surface area contributed by atoms with Crippen LogP contribution in [0.25, 0.3) is 0 Å². The van der Waals surface area contributed by atoms with Crippen LogP contribution in [0.2, 0.25) is 0 Å². The summed E-state index contributed by atoms with van der Waals surface area (Å²) in [5, 5.41) is 2.88. The molecule has 1 fully saturated rings. The molecule has 0 bridgehead atoms. The maximum Gasteiger partial charge on any atom is 0.241 e. The molecule has 0 spiro atoms. The lowest BCUT2D eigenvalue weighted by atomic mass is 10.1. The fourth-order valence-corrected chi connectivity index (χ4v) is 2.84. The van der Waals surface area contributed by atoms with Gasteiger partial charge in [0.1, 0.15) is 0 Å². The van der Waals surface area contributed by atoms with Gasteiger partial charge in [0.15, 0.2) is 5.78 Å². The van der Waals surface area contributed by atoms with Gasteiger partial charge in [-0.3, -0.25) is 14.5 Å². The summed E-state index contributed by atoms with van der Waals surface area (Å²) in [6, 6.07) is 6.81. The number of benzene rings is 1. The van der Waals surface area contributed by atoms with E-state index in [0.29, 0.717) is 11.3 Å². The summed E-state index contributed by atoms with van der Waals surface area (Å²) in [6.07, 6.45) is 0.229. The number of hydrogen-bond acceptors (Lipinski definition) is 4. The zero-order chi connectivity index (χ0) is 16.3. The quantitative estimate of drug-likeness (QED) is 0.867. The van der Waals surface area contributed by atoms with Crippen LogP contribution in [0.15, 0.2) is 24.3 Å². The van der Waals surface area contributed by atoms with E-state index in [1.807, 2.05) is 26.8 Å². The SMILES string of the molecule is CC(=O)c1ccccc1NC(=O)[C@H](C)N1C[C@@H](C)O[C@@H](C)C1. The number of Topliss-reactive ketones (excluding diaryl/α,β-unsaturated/α-hetero) is 1. The lowest BCUT2D eigenvalue weighted by molar-refractivity contribution is -0.126. The molecule has 1 heterocycles. The third-order valence-electron chi connectivity index (χ3n) is 3.94. The van der Waals surface area contributed by atoms with Gasteiger partial charge in [0.25, 0.3) is 0 Å². The summed E-state index contributed by atoms with van der Waals surface area (Å²) in [7, 11) is 0. The Hall–Kier alpha value is -1.72. The molecule has 120 valence electrons. The van der Waals surface area contributed by atoms with Crippen LogP contribution in [0.5, 0.6) is 0 Å². The fourth-order valence-electron chi connectivity index (χ4n) is 2.84. The minimum atomic E-state index is -0.270. The summed E-state index contributed by atoms with van der Waals surface area (Å²) >= 11 is 0. The van der Waals surface area contributed by atoms with Crippen molar-refractivity contribution >= 4 is 17.4 Å². The van der Waals surface area contributed by atoms with Gasteiger partial charge in [-0.15, -0.1) is 0 Å². The van der Waals surface area contributed by atoms with Gasteiger partial charge in [-0.05, 0) is 39.8 Å². The van der Waals surface area contributed by atoms with Crippen LogP contribution >= 0.6 is 0 Å². The van der Waals surface area contributed by atoms with Crippen LogP contribution in [-0.4, -0.2) is 47.9 Å². The van der Waals surface area contributed by atoms with Crippen molar-refractivity contribution in [3.05, 3.63) is 29.8 Å². The highest BCUT2D eigenvalue weighted by Gasteiger charge is 2.29. The van der Waals surface area contributed by atoms with Crippen molar-refractivity contribution in [2.45, 2.75) is 45.9 Å². The maximum absolute atomic E-state index is 12.5. The second-order valence-electron chi connectivity index (χ2n) is 5.98. The molecule has 1 aliphatic rings. The topological polar surface area (TPSA) is 58.6 Å². The molecular weight excluding hydrogens is 280 g/mol. The Morgan fingerprint density at radius 2 is 1.82 bits per heavy atom. The van der Waals surface area contributed by atoms with Crippen molar-refractivity contribution in [1.29, 1.82) is 0 Å². The predicted molar refractivity (Wildman–Crippen MR) is 86.1 cm³/mol. The van der Waals surface area contributed by atoms with Gasteiger partial charge in [-0.2, -0.15) is 0 Å². The molecule has 1 aromatic rings. The van der Waals surface area contributed by atoms with Gasteiger partial charge in [-0.25, -0.2) is 0 Å². The van der Waals surface area contributed by atoms with E-state index in [9.17, 15) is 9.59 Å². The largest absolute Gasteiger partial charge is 0.373 e. The molecule has 0 aliphatic carbocycles. The first-order valence-corrected chi connectivity index (χ1v) is 7.68. The number of anilines is 1. The fraction of sp³-hybridized carbons (Fsp3) is 0.529. The first kappa shape index (κ1) is 16.6. The van der Waals surface area contributed by atoms with E-state index in [1.165, 1.54) is 6.92 Å². The number of ketones is 1. The molecule has 2 rings (SSSR count). The Labute approximate surface area is 131 Å². The molecule has 0 radical (unpaired) electrons. The minimum Gasteiger partial charge on any atom is -0.373 e. The Balaban J connectivity index is 2.07. The summed E-state index contributed by atoms with van der Waals surface area (Å²) in [5.41, 5.74) is 1.10. The van der Waals surface area contributed by atoms with Crippen LogP contribution in [0.3, 0.4) is 0 Å². The zero-order valence-electron chi connectivity index (χ0n) is 13.6. The second kappa shape index (κ2) is 7.03. The van der Waals surface area contributed by atoms with Crippen molar-refractivity contribution in [1.82, 2.24) is 4.90 Å². The summed E-state index contributed by atoms with van der Waals surface area (Å²) in [6.45, 7) is 8.87. The Morgan fingerprint density at radius 3 is 2.41 bits per heavy atom. The summed E-state index contributed by atoms with van der Waals surface area (Å²) in [4.78, 5) is 26.2. The van der Waals surface area contributed by atoms with Crippen LogP contribution in [0, 0.1) is 0 Å². The average Bonchev–Trinajstić information content (AvgIpc) is 2.45. The van der Waals surface area contributed by atoms with Crippen LogP contribution in [0.1, 0.15) is 38.1 Å². The molecule has 1 aliphatic heterocycles. The lowest BCUT2D eigenvalue weighted by Gasteiger charge is -2.38. The number of hydrogen-bond donors (Lipinski definition) is 1. The molecule has 0 saturated carbocycles. The number of nitrogens with zero attached hydrogens (tertiary/aromatic N) is 1. The highest BCUT2D eigenvalue weighted by molar-refractivity contribution is 6.04. The third-order valence-corrected chi connectivity index (χ3v) is 3.94. The molecule has 0 aromatic heterocycles. The van der Waals surface area contributed by atoms with Crippen LogP contribution in [-0.2, 0) is 9.53 Å². The standard InChI is InChI=1S/C17H24N2O3/c1-11-9-19(10-12(2)22-11)13(3)17(21)18-16-8-6-5-7-15(16)14(4)20/h5-8,11-13H,9-10H2,1-4H3,(H,18,21)/t11-,12+,13-/m0/s1. The molecule has 5 heteroatoms. The predicted octanol–water partition coefficient (Wildman–Crippen LogP) is 2.33. The van der Waals surface area contributed by atoms with Crippen LogP contribution in [0.4, 0.5) is 5.69 Å². The number of rotatable bonds is 4. The molecule has 3 atom stereocenters. The smallest absolute Gasteiger partial charge is 0.241 e. The Morgan fingerprint density at radius 1 is 1.23 bits per heavy atom. The van der Waals surface area contributed by atoms with E-state index in [1.54, 1.807) is 18.2 Å². The molecule has 1 saturated heterocycles. The highest BCUT2D eigenvalue weighted by atomic mass is 16.5. The summed E-state index contributed by atoms with van der Waals surface area (Å²) < 4.78 is 5.70. The van der Waals surface area contributed by atoms with Gasteiger partial charge in [-0.1, -0.05) is 12.1 Å². The number of carbonyl (C=O) groups excluding carboxylic acids is 2. The number of morpholine rings is 1. The average molecular weight is 304 g/mol. The van der Waals surface area contributed by atoms with E-state index >= 15 is 0 Å². The Kier molecular flexibility index (Phi) is 5.32. The van der Waals surface area contributed by atoms with E-state index in [2.05, 4.69) is 10.2 Å². The number of para-hydroxylation sites is 1. The zero-order valence-corrected chi connectivity index (χ0v) is 13.6. The molecule has 1 amide bonds. The molecule has 0 unspecified atom stereocenters. The van der Waals surface area contributed by atoms with E-state index < -0.39 is 0 Å². The van der Waals surface area contributed by atoms with E-state index in [-0.39, 0.29) is 29.9 Å². The third kappa shape index (κ3) is 3.93. The van der Waals surface area contributed by atoms with Crippen LogP contribution < -0.4 is 5.32 Å². The van der Waals surface area contributed by atoms with Gasteiger partial charge in [0.2, 0.25) is 5.91 Å². The summed E-state index contributed by atoms with van der Waals surface area (Å²) in [5.74, 6) is -0.160. The molecule has 22 heavy (non-hydrogen) atoms. The number of ether oxygens (including phenoxy) is 1. The number of nitrogens with one attached hydrogen (secondary N) is 1. The Bertz CT molecular complexity index is 549. The van der Waals surface area contributed by atoms with Gasteiger partial charge in [0.05, 0.1) is 23.9 Å². The number of amides is 1. The monoisotopic (exact) mass is 304 g/mol. The maximum atomic E-state index is 12.5.